The topological polar surface area (TPSA) is 110 Å². The lowest BCUT2D eigenvalue weighted by Crippen LogP contribution is -2.15. The quantitative estimate of drug-likeness (QED) is 0.710. The number of nitrogens with zero attached hydrogens (tertiary/aromatic N) is 1. The van der Waals surface area contributed by atoms with Crippen molar-refractivity contribution >= 4 is 21.7 Å². The Bertz CT molecular complexity index is 637. The summed E-state index contributed by atoms with van der Waals surface area (Å²) in [5.41, 5.74) is 5.79. The number of anilines is 2. The fourth-order valence-electron chi connectivity index (χ4n) is 1.40. The summed E-state index contributed by atoms with van der Waals surface area (Å²) >= 11 is 0. The molecule has 0 spiro atoms. The van der Waals surface area contributed by atoms with Crippen molar-refractivity contribution in [1.82, 2.24) is 9.97 Å². The first-order valence-corrected chi connectivity index (χ1v) is 6.47. The highest BCUT2D eigenvalue weighted by Gasteiger charge is 2.18. The maximum atomic E-state index is 12.0. The van der Waals surface area contributed by atoms with Crippen LogP contribution in [0.5, 0.6) is 5.75 Å². The van der Waals surface area contributed by atoms with E-state index in [2.05, 4.69) is 14.7 Å². The van der Waals surface area contributed by atoms with Crippen LogP contribution in [0.4, 0.5) is 11.6 Å². The highest BCUT2D eigenvalue weighted by atomic mass is 32.2. The van der Waals surface area contributed by atoms with Gasteiger partial charge in [0.25, 0.3) is 10.0 Å². The van der Waals surface area contributed by atoms with Gasteiger partial charge in [-0.15, -0.1) is 0 Å². The number of H-pyrrole nitrogens is 1. The molecule has 0 aliphatic rings. The number of benzene rings is 1. The monoisotopic (exact) mass is 268 g/mol. The van der Waals surface area contributed by atoms with Crippen LogP contribution in [0.3, 0.4) is 0 Å². The highest BCUT2D eigenvalue weighted by Crippen LogP contribution is 2.24. The minimum absolute atomic E-state index is 0.0281. The number of hydrogen-bond donors (Lipinski definition) is 3. The molecule has 0 aliphatic heterocycles. The summed E-state index contributed by atoms with van der Waals surface area (Å²) in [6.07, 6.45) is 2.95. The van der Waals surface area contributed by atoms with Gasteiger partial charge in [0, 0.05) is 18.5 Å². The molecule has 8 heteroatoms. The number of ether oxygens (including phenoxy) is 1. The Morgan fingerprint density at radius 2 is 2.22 bits per heavy atom. The molecule has 0 amide bonds. The van der Waals surface area contributed by atoms with Gasteiger partial charge in [-0.3, -0.25) is 0 Å². The third kappa shape index (κ3) is 2.38. The molecular weight excluding hydrogens is 256 g/mol. The third-order valence-corrected chi connectivity index (χ3v) is 3.65. The Balaban J connectivity index is 2.35. The number of nitrogens with one attached hydrogen (secondary N) is 2. The zero-order valence-corrected chi connectivity index (χ0v) is 10.4. The van der Waals surface area contributed by atoms with E-state index in [9.17, 15) is 8.42 Å². The second-order valence-electron chi connectivity index (χ2n) is 3.45. The van der Waals surface area contributed by atoms with Crippen LogP contribution < -0.4 is 15.2 Å². The van der Waals surface area contributed by atoms with Gasteiger partial charge in [0.1, 0.15) is 10.6 Å². The van der Waals surface area contributed by atoms with E-state index in [1.165, 1.54) is 37.7 Å². The van der Waals surface area contributed by atoms with E-state index < -0.39 is 10.0 Å². The van der Waals surface area contributed by atoms with Gasteiger partial charge in [-0.1, -0.05) is 0 Å². The standard InChI is InChI=1S/C10H12N4O3S/c1-17-7-2-3-9(8(11)6-7)18(15,16)14-10-12-4-5-13-10/h2-6H,11H2,1H3,(H2,12,13,14). The van der Waals surface area contributed by atoms with Crippen molar-refractivity contribution in [3.8, 4) is 5.75 Å². The van der Waals surface area contributed by atoms with E-state index in [4.69, 9.17) is 10.5 Å². The molecule has 7 nitrogen and oxygen atoms in total. The fourth-order valence-corrected chi connectivity index (χ4v) is 2.49. The summed E-state index contributed by atoms with van der Waals surface area (Å²) in [4.78, 5) is 6.39. The highest BCUT2D eigenvalue weighted by molar-refractivity contribution is 7.92. The number of nitrogens with two attached hydrogens (primary N) is 1. The number of aromatic amines is 1. The number of aromatic nitrogens is 2. The lowest BCUT2D eigenvalue weighted by Gasteiger charge is -2.09. The van der Waals surface area contributed by atoms with Gasteiger partial charge < -0.3 is 15.5 Å². The van der Waals surface area contributed by atoms with Crippen molar-refractivity contribution in [3.05, 3.63) is 30.6 Å². The normalized spacial score (nSPS) is 11.2. The second kappa shape index (κ2) is 4.57. The molecule has 2 rings (SSSR count). The number of sulfonamides is 1. The maximum Gasteiger partial charge on any atom is 0.266 e. The van der Waals surface area contributed by atoms with Crippen molar-refractivity contribution in [2.75, 3.05) is 17.6 Å². The molecule has 0 aliphatic carbocycles. The van der Waals surface area contributed by atoms with Crippen LogP contribution in [-0.4, -0.2) is 25.5 Å². The Hall–Kier alpha value is -2.22. The average Bonchev–Trinajstić information content (AvgIpc) is 2.80. The molecule has 0 atom stereocenters. The number of methoxy groups -OCH3 is 1. The number of nitrogen functional groups attached to an aromatic ring is 1. The van der Waals surface area contributed by atoms with Gasteiger partial charge in [-0.25, -0.2) is 18.1 Å². The van der Waals surface area contributed by atoms with E-state index in [1.807, 2.05) is 0 Å². The van der Waals surface area contributed by atoms with Crippen LogP contribution in [0.25, 0.3) is 0 Å². The average molecular weight is 268 g/mol. The Labute approximate surface area is 104 Å². The third-order valence-electron chi connectivity index (χ3n) is 2.24. The van der Waals surface area contributed by atoms with Crippen LogP contribution in [0.1, 0.15) is 0 Å². The van der Waals surface area contributed by atoms with E-state index in [-0.39, 0.29) is 16.5 Å². The van der Waals surface area contributed by atoms with Gasteiger partial charge in [0.15, 0.2) is 0 Å². The van der Waals surface area contributed by atoms with Gasteiger partial charge in [0.05, 0.1) is 12.8 Å². The van der Waals surface area contributed by atoms with Crippen molar-refractivity contribution in [2.45, 2.75) is 4.90 Å². The summed E-state index contributed by atoms with van der Waals surface area (Å²) in [6, 6.07) is 4.34. The SMILES string of the molecule is COc1ccc(S(=O)(=O)Nc2ncc[nH]2)c(N)c1. The smallest absolute Gasteiger partial charge is 0.266 e. The van der Waals surface area contributed by atoms with E-state index in [0.29, 0.717) is 5.75 Å². The first-order valence-electron chi connectivity index (χ1n) is 4.98. The molecule has 0 unspecified atom stereocenters. The fraction of sp³-hybridized carbons (Fsp3) is 0.100. The Morgan fingerprint density at radius 3 is 2.78 bits per heavy atom. The second-order valence-corrected chi connectivity index (χ2v) is 5.10. The van der Waals surface area contributed by atoms with Gasteiger partial charge >= 0.3 is 0 Å². The van der Waals surface area contributed by atoms with E-state index in [0.717, 1.165) is 0 Å². The summed E-state index contributed by atoms with van der Waals surface area (Å²) in [5.74, 6) is 0.620. The van der Waals surface area contributed by atoms with Crippen LogP contribution in [0, 0.1) is 0 Å². The molecule has 0 bridgehead atoms. The number of hydrogen-bond acceptors (Lipinski definition) is 5. The van der Waals surface area contributed by atoms with Gasteiger partial charge in [-0.2, -0.15) is 0 Å². The summed E-state index contributed by atoms with van der Waals surface area (Å²) < 4.78 is 31.3. The summed E-state index contributed by atoms with van der Waals surface area (Å²) in [7, 11) is -2.29. The molecule has 0 saturated heterocycles. The van der Waals surface area contributed by atoms with Gasteiger partial charge in [-0.05, 0) is 12.1 Å². The van der Waals surface area contributed by atoms with Crippen LogP contribution in [0.15, 0.2) is 35.5 Å². The minimum atomic E-state index is -3.76. The lowest BCUT2D eigenvalue weighted by atomic mass is 10.3. The first-order chi connectivity index (χ1) is 8.53. The van der Waals surface area contributed by atoms with Crippen molar-refractivity contribution < 1.29 is 13.2 Å². The molecule has 4 N–H and O–H groups in total. The Kier molecular flexibility index (Phi) is 3.11. The van der Waals surface area contributed by atoms with Crippen LogP contribution in [0.2, 0.25) is 0 Å². The zero-order chi connectivity index (χ0) is 13.2. The van der Waals surface area contributed by atoms with Crippen molar-refractivity contribution in [1.29, 1.82) is 0 Å². The maximum absolute atomic E-state index is 12.0. The molecular formula is C10H12N4O3S. The van der Waals surface area contributed by atoms with Crippen LogP contribution in [-0.2, 0) is 10.0 Å². The molecule has 0 saturated carbocycles. The van der Waals surface area contributed by atoms with Crippen LogP contribution >= 0.6 is 0 Å². The first kappa shape index (κ1) is 12.2. The largest absolute Gasteiger partial charge is 0.497 e. The molecule has 96 valence electrons. The molecule has 1 aromatic heterocycles. The number of rotatable bonds is 4. The molecule has 18 heavy (non-hydrogen) atoms. The number of imidazole rings is 1. The zero-order valence-electron chi connectivity index (χ0n) is 9.54. The molecule has 2 aromatic rings. The van der Waals surface area contributed by atoms with E-state index in [1.54, 1.807) is 0 Å². The predicted octanol–water partition coefficient (Wildman–Crippen LogP) is 0.801. The van der Waals surface area contributed by atoms with Crippen molar-refractivity contribution in [2.24, 2.45) is 0 Å². The summed E-state index contributed by atoms with van der Waals surface area (Å²) in [6.45, 7) is 0. The molecule has 1 heterocycles. The van der Waals surface area contributed by atoms with Gasteiger partial charge in [0.2, 0.25) is 5.95 Å². The molecule has 1 aromatic carbocycles. The Morgan fingerprint density at radius 1 is 1.44 bits per heavy atom. The predicted molar refractivity (Wildman–Crippen MR) is 66.8 cm³/mol. The molecule has 0 fully saturated rings. The van der Waals surface area contributed by atoms with Crippen molar-refractivity contribution in [3.63, 3.8) is 0 Å². The summed E-state index contributed by atoms with van der Waals surface area (Å²) in [5, 5.41) is 0. The lowest BCUT2D eigenvalue weighted by molar-refractivity contribution is 0.414. The molecule has 0 radical (unpaired) electrons. The minimum Gasteiger partial charge on any atom is -0.497 e. The van der Waals surface area contributed by atoms with E-state index >= 15 is 0 Å².